The highest BCUT2D eigenvalue weighted by Crippen LogP contribution is 2.07. The fourth-order valence-electron chi connectivity index (χ4n) is 2.02. The van der Waals surface area contributed by atoms with E-state index in [0.29, 0.717) is 5.56 Å². The van der Waals surface area contributed by atoms with Crippen molar-refractivity contribution in [3.8, 4) is 0 Å². The summed E-state index contributed by atoms with van der Waals surface area (Å²) in [5.41, 5.74) is 0.376. The highest BCUT2D eigenvalue weighted by Gasteiger charge is 2.05. The summed E-state index contributed by atoms with van der Waals surface area (Å²) in [5, 5.41) is 0. The van der Waals surface area contributed by atoms with Gasteiger partial charge in [-0.25, -0.2) is 9.18 Å². The third kappa shape index (κ3) is 8.28. The minimum Gasteiger partial charge on any atom is -0.458 e. The van der Waals surface area contributed by atoms with Crippen LogP contribution in [0.25, 0.3) is 0 Å². The Kier molecular flexibility index (Phi) is 9.18. The van der Waals surface area contributed by atoms with Crippen molar-refractivity contribution in [3.63, 3.8) is 0 Å². The van der Waals surface area contributed by atoms with Gasteiger partial charge in [0.25, 0.3) is 0 Å². The van der Waals surface area contributed by atoms with Crippen LogP contribution < -0.4 is 0 Å². The van der Waals surface area contributed by atoms with Crippen molar-refractivity contribution >= 4 is 5.97 Å². The molecule has 0 heterocycles. The van der Waals surface area contributed by atoms with Gasteiger partial charge in [0.05, 0.1) is 5.56 Å². The second-order valence-electron chi connectivity index (χ2n) is 5.13. The molecule has 2 nitrogen and oxygen atoms in total. The normalized spacial score (nSPS) is 11.0. The minimum atomic E-state index is -0.417. The first kappa shape index (κ1) is 17.4. The molecule has 0 unspecified atom stereocenters. The van der Waals surface area contributed by atoms with Gasteiger partial charge in [-0.2, -0.15) is 0 Å². The summed E-state index contributed by atoms with van der Waals surface area (Å²) in [4.78, 5) is 11.6. The Morgan fingerprint density at radius 2 is 1.71 bits per heavy atom. The third-order valence-corrected chi connectivity index (χ3v) is 3.28. The number of carbonyl (C=O) groups excluding carboxylic acids is 1. The lowest BCUT2D eigenvalue weighted by atomic mass is 10.1. The van der Waals surface area contributed by atoms with E-state index >= 15 is 0 Å². The van der Waals surface area contributed by atoms with Gasteiger partial charge >= 0.3 is 5.97 Å². The van der Waals surface area contributed by atoms with E-state index in [-0.39, 0.29) is 12.4 Å². The predicted octanol–water partition coefficient (Wildman–Crippen LogP) is 5.29. The van der Waals surface area contributed by atoms with Gasteiger partial charge in [-0.05, 0) is 37.1 Å². The Morgan fingerprint density at radius 1 is 1.05 bits per heavy atom. The van der Waals surface area contributed by atoms with Gasteiger partial charge in [0.15, 0.2) is 0 Å². The lowest BCUT2D eigenvalue weighted by Gasteiger charge is -2.01. The summed E-state index contributed by atoms with van der Waals surface area (Å²) in [5.74, 6) is -0.774. The van der Waals surface area contributed by atoms with Crippen molar-refractivity contribution < 1.29 is 13.9 Å². The second-order valence-corrected chi connectivity index (χ2v) is 5.13. The van der Waals surface area contributed by atoms with Crippen molar-refractivity contribution in [2.24, 2.45) is 0 Å². The molecule has 0 aliphatic heterocycles. The fraction of sp³-hybridized carbons (Fsp3) is 0.500. The molecular formula is C18H25FO2. The van der Waals surface area contributed by atoms with Crippen molar-refractivity contribution in [2.45, 2.75) is 51.9 Å². The molecule has 0 saturated carbocycles. The topological polar surface area (TPSA) is 26.3 Å². The molecular weight excluding hydrogens is 267 g/mol. The zero-order valence-corrected chi connectivity index (χ0v) is 12.8. The minimum absolute atomic E-state index is 0.270. The summed E-state index contributed by atoms with van der Waals surface area (Å²) < 4.78 is 17.8. The van der Waals surface area contributed by atoms with Crippen LogP contribution in [-0.2, 0) is 4.74 Å². The van der Waals surface area contributed by atoms with Crippen molar-refractivity contribution in [1.29, 1.82) is 0 Å². The smallest absolute Gasteiger partial charge is 0.338 e. The molecule has 1 aromatic rings. The highest BCUT2D eigenvalue weighted by atomic mass is 19.1. The van der Waals surface area contributed by atoms with Gasteiger partial charge < -0.3 is 4.74 Å². The van der Waals surface area contributed by atoms with E-state index in [9.17, 15) is 9.18 Å². The molecule has 1 rings (SSSR count). The molecule has 0 atom stereocenters. The molecule has 0 saturated heterocycles. The summed E-state index contributed by atoms with van der Waals surface area (Å²) >= 11 is 0. The zero-order chi connectivity index (χ0) is 15.3. The molecule has 0 spiro atoms. The van der Waals surface area contributed by atoms with Gasteiger partial charge in [-0.1, -0.05) is 51.2 Å². The van der Waals surface area contributed by atoms with Crippen molar-refractivity contribution in [2.75, 3.05) is 6.61 Å². The van der Waals surface area contributed by atoms with Crippen molar-refractivity contribution in [1.82, 2.24) is 0 Å². The van der Waals surface area contributed by atoms with E-state index in [2.05, 4.69) is 13.0 Å². The molecule has 0 aromatic heterocycles. The average Bonchev–Trinajstić information content (AvgIpc) is 2.49. The van der Waals surface area contributed by atoms with E-state index < -0.39 is 5.97 Å². The average molecular weight is 292 g/mol. The Labute approximate surface area is 127 Å². The summed E-state index contributed by atoms with van der Waals surface area (Å²) in [6, 6.07) is 5.37. The summed E-state index contributed by atoms with van der Waals surface area (Å²) in [7, 11) is 0. The van der Waals surface area contributed by atoms with Gasteiger partial charge in [-0.3, -0.25) is 0 Å². The monoisotopic (exact) mass is 292 g/mol. The summed E-state index contributed by atoms with van der Waals surface area (Å²) in [6.07, 6.45) is 12.6. The van der Waals surface area contributed by atoms with E-state index in [1.165, 1.54) is 62.8 Å². The van der Waals surface area contributed by atoms with E-state index in [1.54, 1.807) is 0 Å². The van der Waals surface area contributed by atoms with Crippen molar-refractivity contribution in [3.05, 3.63) is 47.8 Å². The van der Waals surface area contributed by atoms with Crippen LogP contribution in [0, 0.1) is 5.82 Å². The number of ether oxygens (including phenoxy) is 1. The maximum Gasteiger partial charge on any atom is 0.338 e. The molecule has 0 aliphatic rings. The maximum atomic E-state index is 12.7. The van der Waals surface area contributed by atoms with Gasteiger partial charge in [0.1, 0.15) is 12.4 Å². The fourth-order valence-corrected chi connectivity index (χ4v) is 2.02. The molecule has 0 radical (unpaired) electrons. The van der Waals surface area contributed by atoms with Crippen LogP contribution in [0.2, 0.25) is 0 Å². The Balaban J connectivity index is 2.06. The molecule has 0 amide bonds. The number of halogens is 1. The number of rotatable bonds is 10. The molecule has 116 valence electrons. The van der Waals surface area contributed by atoms with E-state index in [0.717, 1.165) is 6.42 Å². The predicted molar refractivity (Wildman–Crippen MR) is 83.8 cm³/mol. The maximum absolute atomic E-state index is 12.7. The number of esters is 1. The van der Waals surface area contributed by atoms with E-state index in [4.69, 9.17) is 4.74 Å². The number of hydrogen-bond donors (Lipinski definition) is 0. The Morgan fingerprint density at radius 3 is 2.43 bits per heavy atom. The number of benzene rings is 1. The lowest BCUT2D eigenvalue weighted by Crippen LogP contribution is -2.04. The number of hydrogen-bond acceptors (Lipinski definition) is 2. The van der Waals surface area contributed by atoms with Crippen LogP contribution in [0.15, 0.2) is 36.4 Å². The highest BCUT2D eigenvalue weighted by molar-refractivity contribution is 5.89. The van der Waals surface area contributed by atoms with Gasteiger partial charge in [-0.15, -0.1) is 0 Å². The Hall–Kier alpha value is -1.64. The second kappa shape index (κ2) is 11.1. The molecule has 0 fully saturated rings. The van der Waals surface area contributed by atoms with Gasteiger partial charge in [0, 0.05) is 0 Å². The quantitative estimate of drug-likeness (QED) is 0.333. The van der Waals surface area contributed by atoms with E-state index in [1.807, 2.05) is 6.08 Å². The van der Waals surface area contributed by atoms with Crippen LogP contribution in [0.5, 0.6) is 0 Å². The Bertz CT molecular complexity index is 423. The third-order valence-electron chi connectivity index (χ3n) is 3.28. The SMILES string of the molecule is CCCCCCCC/C=C/COC(=O)c1ccc(F)cc1. The first-order chi connectivity index (χ1) is 10.2. The molecule has 0 N–H and O–H groups in total. The molecule has 21 heavy (non-hydrogen) atoms. The van der Waals surface area contributed by atoms with Crippen LogP contribution in [0.1, 0.15) is 62.2 Å². The molecule has 0 bridgehead atoms. The zero-order valence-electron chi connectivity index (χ0n) is 12.8. The van der Waals surface area contributed by atoms with Crippen LogP contribution in [0.3, 0.4) is 0 Å². The first-order valence-electron chi connectivity index (χ1n) is 7.81. The lowest BCUT2D eigenvalue weighted by molar-refractivity contribution is 0.0549. The van der Waals surface area contributed by atoms with Crippen LogP contribution in [0.4, 0.5) is 4.39 Å². The van der Waals surface area contributed by atoms with Crippen LogP contribution >= 0.6 is 0 Å². The molecule has 0 aliphatic carbocycles. The molecule has 1 aromatic carbocycles. The molecule has 3 heteroatoms. The number of carbonyl (C=O) groups is 1. The van der Waals surface area contributed by atoms with Crippen LogP contribution in [-0.4, -0.2) is 12.6 Å². The summed E-state index contributed by atoms with van der Waals surface area (Å²) in [6.45, 7) is 2.49. The largest absolute Gasteiger partial charge is 0.458 e. The number of allylic oxidation sites excluding steroid dienone is 1. The number of unbranched alkanes of at least 4 members (excludes halogenated alkanes) is 6. The standard InChI is InChI=1S/C18H25FO2/c1-2-3-4-5-6-7-8-9-10-15-21-18(20)16-11-13-17(19)14-12-16/h9-14H,2-8,15H2,1H3/b10-9+. The van der Waals surface area contributed by atoms with Gasteiger partial charge in [0.2, 0.25) is 0 Å². The first-order valence-corrected chi connectivity index (χ1v) is 7.81.